The fourth-order valence-electron chi connectivity index (χ4n) is 4.77. The summed E-state index contributed by atoms with van der Waals surface area (Å²) in [4.78, 5) is 12.6. The average molecular weight is 528 g/mol. The zero-order valence-electron chi connectivity index (χ0n) is 23.9. The number of carbonyl (C=O) groups is 1. The predicted molar refractivity (Wildman–Crippen MR) is 159 cm³/mol. The number of allylic oxidation sites excluding steroid dienone is 1. The molecule has 0 bridgehead atoms. The SMILES string of the molecule is CCCCOc1ccc2c(c1)C(C)(C)C(C)=C(c1ccc(NC(=O)COc3ccccc3)cc1CCCC)O2. The van der Waals surface area contributed by atoms with E-state index in [4.69, 9.17) is 14.2 Å². The van der Waals surface area contributed by atoms with Crippen molar-refractivity contribution >= 4 is 17.4 Å². The maximum atomic E-state index is 12.6. The first-order valence-corrected chi connectivity index (χ1v) is 14.1. The average Bonchev–Trinajstić information content (AvgIpc) is 2.94. The van der Waals surface area contributed by atoms with Gasteiger partial charge in [-0.1, -0.05) is 58.7 Å². The number of ether oxygens (including phenoxy) is 3. The number of hydrogen-bond acceptors (Lipinski definition) is 4. The van der Waals surface area contributed by atoms with E-state index in [9.17, 15) is 4.79 Å². The molecule has 1 aliphatic rings. The van der Waals surface area contributed by atoms with Crippen molar-refractivity contribution in [2.45, 2.75) is 72.1 Å². The van der Waals surface area contributed by atoms with Crippen molar-refractivity contribution in [3.05, 3.63) is 89.0 Å². The van der Waals surface area contributed by atoms with Gasteiger partial charge in [0, 0.05) is 22.2 Å². The Morgan fingerprint density at radius 1 is 0.897 bits per heavy atom. The van der Waals surface area contributed by atoms with E-state index in [1.54, 1.807) is 0 Å². The van der Waals surface area contributed by atoms with Gasteiger partial charge >= 0.3 is 0 Å². The first-order valence-electron chi connectivity index (χ1n) is 14.1. The van der Waals surface area contributed by atoms with Crippen LogP contribution in [0.15, 0.2) is 72.3 Å². The van der Waals surface area contributed by atoms with Gasteiger partial charge in [-0.25, -0.2) is 0 Å². The van der Waals surface area contributed by atoms with Crippen LogP contribution in [0.25, 0.3) is 5.76 Å². The number of carbonyl (C=O) groups excluding carboxylic acids is 1. The lowest BCUT2D eigenvalue weighted by Crippen LogP contribution is -2.26. The van der Waals surface area contributed by atoms with Crippen LogP contribution in [0.2, 0.25) is 0 Å². The van der Waals surface area contributed by atoms with Gasteiger partial charge in [0.2, 0.25) is 0 Å². The van der Waals surface area contributed by atoms with Crippen LogP contribution in [0.4, 0.5) is 5.69 Å². The van der Waals surface area contributed by atoms with Gasteiger partial charge < -0.3 is 19.5 Å². The number of benzene rings is 3. The Labute approximate surface area is 233 Å². The molecule has 206 valence electrons. The molecule has 3 aromatic carbocycles. The molecule has 0 unspecified atom stereocenters. The van der Waals surface area contributed by atoms with Gasteiger partial charge in [-0.05, 0) is 85.9 Å². The van der Waals surface area contributed by atoms with Crippen LogP contribution >= 0.6 is 0 Å². The zero-order valence-corrected chi connectivity index (χ0v) is 23.9. The molecule has 0 spiro atoms. The van der Waals surface area contributed by atoms with Gasteiger partial charge in [-0.3, -0.25) is 4.79 Å². The van der Waals surface area contributed by atoms with Gasteiger partial charge in [0.15, 0.2) is 6.61 Å². The summed E-state index contributed by atoms with van der Waals surface area (Å²) in [5, 5.41) is 2.99. The van der Waals surface area contributed by atoms with Crippen LogP contribution in [0, 0.1) is 0 Å². The van der Waals surface area contributed by atoms with Crippen LogP contribution in [-0.2, 0) is 16.6 Å². The van der Waals surface area contributed by atoms with Gasteiger partial charge in [0.1, 0.15) is 23.0 Å². The lowest BCUT2D eigenvalue weighted by Gasteiger charge is -2.36. The van der Waals surface area contributed by atoms with Crippen molar-refractivity contribution in [2.75, 3.05) is 18.5 Å². The molecular weight excluding hydrogens is 486 g/mol. The molecule has 5 heteroatoms. The van der Waals surface area contributed by atoms with E-state index < -0.39 is 0 Å². The summed E-state index contributed by atoms with van der Waals surface area (Å²) in [6.07, 6.45) is 5.17. The summed E-state index contributed by atoms with van der Waals surface area (Å²) < 4.78 is 18.2. The van der Waals surface area contributed by atoms with Crippen LogP contribution in [-0.4, -0.2) is 19.1 Å². The molecule has 1 heterocycles. The Balaban J connectivity index is 1.57. The largest absolute Gasteiger partial charge is 0.494 e. The van der Waals surface area contributed by atoms with Gasteiger partial charge in [-0.15, -0.1) is 0 Å². The van der Waals surface area contributed by atoms with E-state index in [0.717, 1.165) is 78.3 Å². The minimum Gasteiger partial charge on any atom is -0.494 e. The third-order valence-electron chi connectivity index (χ3n) is 7.43. The van der Waals surface area contributed by atoms with E-state index >= 15 is 0 Å². The third kappa shape index (κ3) is 6.83. The first kappa shape index (κ1) is 28.3. The Kier molecular flexibility index (Phi) is 9.34. The Morgan fingerprint density at radius 2 is 1.67 bits per heavy atom. The number of nitrogens with one attached hydrogen (secondary N) is 1. The molecule has 1 amide bonds. The molecule has 5 nitrogen and oxygen atoms in total. The Morgan fingerprint density at radius 3 is 2.41 bits per heavy atom. The lowest BCUT2D eigenvalue weighted by molar-refractivity contribution is -0.118. The Hall–Kier alpha value is -3.73. The number of para-hydroxylation sites is 1. The second-order valence-electron chi connectivity index (χ2n) is 10.7. The Bertz CT molecular complexity index is 1310. The smallest absolute Gasteiger partial charge is 0.262 e. The highest BCUT2D eigenvalue weighted by Gasteiger charge is 2.35. The number of rotatable bonds is 12. The maximum Gasteiger partial charge on any atom is 0.262 e. The summed E-state index contributed by atoms with van der Waals surface area (Å²) in [5.41, 5.74) is 5.07. The monoisotopic (exact) mass is 527 g/mol. The molecule has 0 atom stereocenters. The van der Waals surface area contributed by atoms with Crippen molar-refractivity contribution in [2.24, 2.45) is 0 Å². The maximum absolute atomic E-state index is 12.6. The first-order chi connectivity index (χ1) is 18.8. The fraction of sp³-hybridized carbons (Fsp3) is 0.382. The van der Waals surface area contributed by atoms with E-state index in [1.165, 1.54) is 5.57 Å². The molecule has 0 saturated carbocycles. The second-order valence-corrected chi connectivity index (χ2v) is 10.7. The van der Waals surface area contributed by atoms with E-state index in [-0.39, 0.29) is 17.9 Å². The third-order valence-corrected chi connectivity index (χ3v) is 7.43. The van der Waals surface area contributed by atoms with Crippen molar-refractivity contribution in [1.82, 2.24) is 0 Å². The topological polar surface area (TPSA) is 56.8 Å². The molecule has 0 aliphatic carbocycles. The normalized spacial score (nSPS) is 13.9. The molecular formula is C34H41NO4. The van der Waals surface area contributed by atoms with Gasteiger partial charge in [-0.2, -0.15) is 0 Å². The highest BCUT2D eigenvalue weighted by molar-refractivity contribution is 5.92. The van der Waals surface area contributed by atoms with Crippen LogP contribution in [0.3, 0.4) is 0 Å². The molecule has 0 radical (unpaired) electrons. The molecule has 3 aromatic rings. The number of fused-ring (bicyclic) bond motifs is 1. The number of hydrogen-bond donors (Lipinski definition) is 1. The van der Waals surface area contributed by atoms with Crippen LogP contribution < -0.4 is 19.5 Å². The minimum absolute atomic E-state index is 0.0431. The highest BCUT2D eigenvalue weighted by atomic mass is 16.5. The van der Waals surface area contributed by atoms with Crippen LogP contribution in [0.1, 0.15) is 77.0 Å². The number of anilines is 1. The lowest BCUT2D eigenvalue weighted by atomic mass is 9.75. The standard InChI is InChI=1S/C34H41NO4/c1-6-8-13-25-21-26(35-32(36)23-38-27-14-11-10-12-15-27)16-18-29(25)33-24(3)34(4,5)30-22-28(37-20-9-7-2)17-19-31(30)39-33/h10-12,14-19,21-22H,6-9,13,20,23H2,1-5H3,(H,35,36). The summed E-state index contributed by atoms with van der Waals surface area (Å²) in [7, 11) is 0. The molecule has 0 fully saturated rings. The minimum atomic E-state index is -0.225. The molecule has 0 aromatic heterocycles. The van der Waals surface area contributed by atoms with E-state index in [0.29, 0.717) is 5.75 Å². The molecule has 39 heavy (non-hydrogen) atoms. The molecule has 1 aliphatic heterocycles. The van der Waals surface area contributed by atoms with Crippen molar-refractivity contribution in [3.8, 4) is 17.2 Å². The second kappa shape index (κ2) is 12.9. The van der Waals surface area contributed by atoms with Crippen molar-refractivity contribution < 1.29 is 19.0 Å². The highest BCUT2D eigenvalue weighted by Crippen LogP contribution is 2.47. The number of unbranched alkanes of at least 4 members (excludes halogenated alkanes) is 2. The summed E-state index contributed by atoms with van der Waals surface area (Å²) in [5.74, 6) is 3.12. The summed E-state index contributed by atoms with van der Waals surface area (Å²) in [6.45, 7) is 11.7. The van der Waals surface area contributed by atoms with Crippen molar-refractivity contribution in [3.63, 3.8) is 0 Å². The van der Waals surface area contributed by atoms with Gasteiger partial charge in [0.25, 0.3) is 5.91 Å². The fourth-order valence-corrected chi connectivity index (χ4v) is 4.77. The molecule has 4 rings (SSSR count). The van der Waals surface area contributed by atoms with Crippen LogP contribution in [0.5, 0.6) is 17.2 Å². The number of amides is 1. The van der Waals surface area contributed by atoms with E-state index in [1.807, 2.05) is 48.5 Å². The number of aryl methyl sites for hydroxylation is 1. The van der Waals surface area contributed by atoms with E-state index in [2.05, 4.69) is 58.1 Å². The molecule has 1 N–H and O–H groups in total. The van der Waals surface area contributed by atoms with Gasteiger partial charge in [0.05, 0.1) is 6.61 Å². The summed E-state index contributed by atoms with van der Waals surface area (Å²) in [6, 6.07) is 21.6. The quantitative estimate of drug-likeness (QED) is 0.241. The summed E-state index contributed by atoms with van der Waals surface area (Å²) >= 11 is 0. The zero-order chi connectivity index (χ0) is 27.8. The van der Waals surface area contributed by atoms with Crippen molar-refractivity contribution in [1.29, 1.82) is 0 Å². The molecule has 0 saturated heterocycles. The predicted octanol–water partition coefficient (Wildman–Crippen LogP) is 8.33.